The van der Waals surface area contributed by atoms with E-state index in [9.17, 15) is 9.90 Å². The first-order chi connectivity index (χ1) is 13.6. The standard InChI is InChI=1S/C22H20N2O3S/c1-13-19(25)14(11-24-8-4-5-9-24)10-15-20(26)16(12-27-21(13)15)22-23-17-6-2-3-7-18(17)28-22/h2-3,6-7,10,12,25H,4-5,8-9,11H2,1H3. The van der Waals surface area contributed by atoms with E-state index in [1.807, 2.05) is 24.3 Å². The molecule has 1 aliphatic heterocycles. The number of aromatic nitrogens is 1. The van der Waals surface area contributed by atoms with Gasteiger partial charge in [0, 0.05) is 17.7 Å². The third-order valence-electron chi connectivity index (χ3n) is 5.46. The number of hydrogen-bond donors (Lipinski definition) is 1. The molecule has 2 aromatic carbocycles. The second kappa shape index (κ2) is 6.72. The number of thiazole rings is 1. The Kier molecular flexibility index (Phi) is 4.18. The molecule has 1 N–H and O–H groups in total. The van der Waals surface area contributed by atoms with Gasteiger partial charge in [0.2, 0.25) is 5.43 Å². The summed E-state index contributed by atoms with van der Waals surface area (Å²) in [6, 6.07) is 9.62. The maximum Gasteiger partial charge on any atom is 0.202 e. The zero-order valence-corrected chi connectivity index (χ0v) is 16.4. The first-order valence-corrected chi connectivity index (χ1v) is 10.3. The van der Waals surface area contributed by atoms with Crippen LogP contribution in [0.2, 0.25) is 0 Å². The van der Waals surface area contributed by atoms with Crippen LogP contribution in [0.15, 0.2) is 45.8 Å². The molecule has 0 aliphatic carbocycles. The van der Waals surface area contributed by atoms with Crippen LogP contribution in [-0.4, -0.2) is 28.1 Å². The van der Waals surface area contributed by atoms with Gasteiger partial charge in [0.05, 0.1) is 21.2 Å². The van der Waals surface area contributed by atoms with Gasteiger partial charge in [0.25, 0.3) is 0 Å². The summed E-state index contributed by atoms with van der Waals surface area (Å²) in [5.41, 5.74) is 3.06. The van der Waals surface area contributed by atoms with Crippen molar-refractivity contribution in [1.82, 2.24) is 9.88 Å². The third kappa shape index (κ3) is 2.80. The summed E-state index contributed by atoms with van der Waals surface area (Å²) in [4.78, 5) is 20.2. The molecule has 0 bridgehead atoms. The highest BCUT2D eigenvalue weighted by Gasteiger charge is 2.20. The lowest BCUT2D eigenvalue weighted by atomic mass is 10.0. The zero-order valence-electron chi connectivity index (χ0n) is 15.6. The summed E-state index contributed by atoms with van der Waals surface area (Å²) in [5.74, 6) is 0.218. The molecule has 1 aliphatic rings. The van der Waals surface area contributed by atoms with E-state index in [2.05, 4.69) is 9.88 Å². The molecule has 6 heteroatoms. The van der Waals surface area contributed by atoms with Crippen LogP contribution >= 0.6 is 11.3 Å². The largest absolute Gasteiger partial charge is 0.507 e. The topological polar surface area (TPSA) is 66.6 Å². The van der Waals surface area contributed by atoms with E-state index in [-0.39, 0.29) is 11.2 Å². The minimum atomic E-state index is -0.105. The molecule has 3 heterocycles. The van der Waals surface area contributed by atoms with E-state index >= 15 is 0 Å². The van der Waals surface area contributed by atoms with E-state index in [0.717, 1.165) is 28.9 Å². The van der Waals surface area contributed by atoms with Crippen LogP contribution in [0, 0.1) is 6.92 Å². The molecule has 5 rings (SSSR count). The Bertz CT molecular complexity index is 1220. The Hall–Kier alpha value is -2.70. The van der Waals surface area contributed by atoms with Gasteiger partial charge in [-0.15, -0.1) is 11.3 Å². The maximum atomic E-state index is 13.3. The van der Waals surface area contributed by atoms with E-state index in [1.54, 1.807) is 13.0 Å². The average molecular weight is 392 g/mol. The van der Waals surface area contributed by atoms with Crippen molar-refractivity contribution in [2.45, 2.75) is 26.3 Å². The molecule has 0 unspecified atom stereocenters. The van der Waals surface area contributed by atoms with Gasteiger partial charge in [-0.25, -0.2) is 4.98 Å². The lowest BCUT2D eigenvalue weighted by Crippen LogP contribution is -2.19. The summed E-state index contributed by atoms with van der Waals surface area (Å²) in [5, 5.41) is 11.8. The lowest BCUT2D eigenvalue weighted by Gasteiger charge is -2.17. The highest BCUT2D eigenvalue weighted by atomic mass is 32.1. The maximum absolute atomic E-state index is 13.3. The summed E-state index contributed by atoms with van der Waals surface area (Å²) in [6.45, 7) is 4.49. The number of aryl methyl sites for hydroxylation is 1. The molecule has 0 atom stereocenters. The number of fused-ring (bicyclic) bond motifs is 2. The molecule has 0 spiro atoms. The molecule has 28 heavy (non-hydrogen) atoms. The van der Waals surface area contributed by atoms with Gasteiger partial charge in [-0.05, 0) is 51.1 Å². The lowest BCUT2D eigenvalue weighted by molar-refractivity contribution is 0.324. The van der Waals surface area contributed by atoms with Crippen LogP contribution in [-0.2, 0) is 6.54 Å². The molecular formula is C22H20N2O3S. The smallest absolute Gasteiger partial charge is 0.202 e. The van der Waals surface area contributed by atoms with Crippen LogP contribution in [0.4, 0.5) is 0 Å². The molecular weight excluding hydrogens is 372 g/mol. The predicted molar refractivity (Wildman–Crippen MR) is 112 cm³/mol. The van der Waals surface area contributed by atoms with Gasteiger partial charge in [0.15, 0.2) is 0 Å². The van der Waals surface area contributed by atoms with E-state index in [1.165, 1.54) is 30.4 Å². The van der Waals surface area contributed by atoms with E-state index in [4.69, 9.17) is 4.42 Å². The zero-order chi connectivity index (χ0) is 19.3. The molecule has 4 aromatic rings. The van der Waals surface area contributed by atoms with E-state index < -0.39 is 0 Å². The highest BCUT2D eigenvalue weighted by Crippen LogP contribution is 2.34. The van der Waals surface area contributed by atoms with Crippen molar-refractivity contribution in [3.05, 3.63) is 57.9 Å². The van der Waals surface area contributed by atoms with Gasteiger partial charge >= 0.3 is 0 Å². The number of aromatic hydroxyl groups is 1. The fourth-order valence-corrected chi connectivity index (χ4v) is 4.90. The van der Waals surface area contributed by atoms with Crippen LogP contribution in [0.25, 0.3) is 31.8 Å². The van der Waals surface area contributed by atoms with Crippen molar-refractivity contribution in [1.29, 1.82) is 0 Å². The Labute approximate surface area is 165 Å². The minimum Gasteiger partial charge on any atom is -0.507 e. The Morgan fingerprint density at radius 1 is 1.25 bits per heavy atom. The second-order valence-electron chi connectivity index (χ2n) is 7.33. The van der Waals surface area contributed by atoms with Crippen LogP contribution < -0.4 is 5.43 Å². The summed E-state index contributed by atoms with van der Waals surface area (Å²) in [7, 11) is 0. The van der Waals surface area contributed by atoms with Crippen molar-refractivity contribution in [2.75, 3.05) is 13.1 Å². The fraction of sp³-hybridized carbons (Fsp3) is 0.273. The number of phenols is 1. The molecule has 142 valence electrons. The van der Waals surface area contributed by atoms with Crippen molar-refractivity contribution in [3.8, 4) is 16.3 Å². The average Bonchev–Trinajstić information content (AvgIpc) is 3.36. The molecule has 1 fully saturated rings. The van der Waals surface area contributed by atoms with Crippen molar-refractivity contribution in [3.63, 3.8) is 0 Å². The first-order valence-electron chi connectivity index (χ1n) is 9.47. The monoisotopic (exact) mass is 392 g/mol. The van der Waals surface area contributed by atoms with Gasteiger partial charge < -0.3 is 9.52 Å². The number of hydrogen-bond acceptors (Lipinski definition) is 6. The van der Waals surface area contributed by atoms with Crippen LogP contribution in [0.1, 0.15) is 24.0 Å². The summed E-state index contributed by atoms with van der Waals surface area (Å²) < 4.78 is 6.84. The molecule has 5 nitrogen and oxygen atoms in total. The van der Waals surface area contributed by atoms with Crippen molar-refractivity contribution < 1.29 is 9.52 Å². The second-order valence-corrected chi connectivity index (χ2v) is 8.37. The van der Waals surface area contributed by atoms with Gasteiger partial charge in [-0.3, -0.25) is 9.69 Å². The SMILES string of the molecule is Cc1c(O)c(CN2CCCC2)cc2c(=O)c(-c3nc4ccccc4s3)coc12. The number of rotatable bonds is 3. The van der Waals surface area contributed by atoms with Crippen LogP contribution in [0.3, 0.4) is 0 Å². The minimum absolute atomic E-state index is 0.105. The van der Waals surface area contributed by atoms with Gasteiger partial charge in [0.1, 0.15) is 22.6 Å². The van der Waals surface area contributed by atoms with Gasteiger partial charge in [-0.1, -0.05) is 12.1 Å². The summed E-state index contributed by atoms with van der Waals surface area (Å²) in [6.07, 6.45) is 3.82. The molecule has 0 amide bonds. The Morgan fingerprint density at radius 3 is 2.82 bits per heavy atom. The number of likely N-dealkylation sites (tertiary alicyclic amines) is 1. The third-order valence-corrected chi connectivity index (χ3v) is 6.53. The predicted octanol–water partition coefficient (Wildman–Crippen LogP) is 4.68. The molecule has 1 saturated heterocycles. The van der Waals surface area contributed by atoms with Crippen LogP contribution in [0.5, 0.6) is 5.75 Å². The summed E-state index contributed by atoms with van der Waals surface area (Å²) >= 11 is 1.48. The Morgan fingerprint density at radius 2 is 2.04 bits per heavy atom. The van der Waals surface area contributed by atoms with Crippen molar-refractivity contribution >= 4 is 32.5 Å². The number of phenolic OH excluding ortho intramolecular Hbond substituents is 1. The number of para-hydroxylation sites is 1. The van der Waals surface area contributed by atoms with Crippen molar-refractivity contribution in [2.24, 2.45) is 0 Å². The molecule has 0 radical (unpaired) electrons. The Balaban J connectivity index is 1.67. The first kappa shape index (κ1) is 17.4. The van der Waals surface area contributed by atoms with E-state index in [0.29, 0.717) is 33.6 Å². The normalized spacial score (nSPS) is 15.0. The molecule has 2 aromatic heterocycles. The quantitative estimate of drug-likeness (QED) is 0.548. The number of nitrogens with zero attached hydrogens (tertiary/aromatic N) is 2. The number of benzene rings is 2. The fourth-order valence-electron chi connectivity index (χ4n) is 3.93. The highest BCUT2D eigenvalue weighted by molar-refractivity contribution is 7.21. The molecule has 0 saturated carbocycles. The van der Waals surface area contributed by atoms with Gasteiger partial charge in [-0.2, -0.15) is 0 Å².